The Morgan fingerprint density at radius 3 is 2.88 bits per heavy atom. The molecule has 1 amide bonds. The molecular weight excluding hydrogens is 444 g/mol. The van der Waals surface area contributed by atoms with Crippen molar-refractivity contribution < 1.29 is 23.8 Å². The van der Waals surface area contributed by atoms with Crippen LogP contribution in [0.4, 0.5) is 0 Å². The van der Waals surface area contributed by atoms with Crippen LogP contribution in [0, 0.1) is 0 Å². The third-order valence-electron chi connectivity index (χ3n) is 5.37. The van der Waals surface area contributed by atoms with E-state index in [1.807, 2.05) is 36.6 Å². The number of furan rings is 1. The lowest BCUT2D eigenvalue weighted by molar-refractivity contribution is -0.123. The number of rotatable bonds is 5. The summed E-state index contributed by atoms with van der Waals surface area (Å²) >= 11 is 1.47. The molecule has 1 aromatic carbocycles. The number of ether oxygens (including phenoxy) is 1. The van der Waals surface area contributed by atoms with Crippen molar-refractivity contribution in [1.29, 1.82) is 0 Å². The number of nitrogens with one attached hydrogen (secondary N) is 1. The van der Waals surface area contributed by atoms with Crippen molar-refractivity contribution in [3.05, 3.63) is 48.4 Å². The Kier molecular flexibility index (Phi) is 7.16. The number of hydrogen-bond acceptors (Lipinski definition) is 8. The summed E-state index contributed by atoms with van der Waals surface area (Å²) in [5.74, 6) is 0.744. The standard InChI is InChI=1S/C22H22N4O3S.CH2O2/c1-14(27)24-16-6-9-26(10-7-16)12-15-13-28-19-11-17(4-5-18(15)19)29-22-25-21-20(30-22)3-2-8-23-21;2-1-3/h2-5,8,11,13,16H,6-7,9-10,12H2,1H3,(H,24,27);1H,(H,2,3). The molecule has 1 aliphatic heterocycles. The van der Waals surface area contributed by atoms with Gasteiger partial charge in [-0.15, -0.1) is 0 Å². The molecule has 10 heteroatoms. The third kappa shape index (κ3) is 5.65. The molecule has 1 fully saturated rings. The number of carbonyl (C=O) groups is 2. The number of thiazole rings is 1. The van der Waals surface area contributed by atoms with Crippen LogP contribution < -0.4 is 10.1 Å². The first kappa shape index (κ1) is 22.7. The van der Waals surface area contributed by atoms with Gasteiger partial charge in [0.15, 0.2) is 5.65 Å². The monoisotopic (exact) mass is 468 g/mol. The second kappa shape index (κ2) is 10.4. The lowest BCUT2D eigenvalue weighted by atomic mass is 10.0. The molecule has 0 radical (unpaired) electrons. The molecule has 0 spiro atoms. The number of hydrogen-bond donors (Lipinski definition) is 2. The Morgan fingerprint density at radius 2 is 2.15 bits per heavy atom. The number of amides is 1. The molecule has 9 nitrogen and oxygen atoms in total. The molecular formula is C23H24N4O5S. The Balaban J connectivity index is 0.000000821. The zero-order chi connectivity index (χ0) is 23.2. The van der Waals surface area contributed by atoms with E-state index in [9.17, 15) is 4.79 Å². The van der Waals surface area contributed by atoms with Crippen LogP contribution in [0.2, 0.25) is 0 Å². The van der Waals surface area contributed by atoms with Gasteiger partial charge in [0.2, 0.25) is 5.91 Å². The van der Waals surface area contributed by atoms with Crippen molar-refractivity contribution in [2.45, 2.75) is 32.4 Å². The Morgan fingerprint density at radius 1 is 1.36 bits per heavy atom. The lowest BCUT2D eigenvalue weighted by Gasteiger charge is -2.31. The maximum Gasteiger partial charge on any atom is 0.290 e. The first-order valence-corrected chi connectivity index (χ1v) is 11.3. The van der Waals surface area contributed by atoms with Gasteiger partial charge in [0, 0.05) is 55.8 Å². The molecule has 0 saturated carbocycles. The number of nitrogens with zero attached hydrogens (tertiary/aromatic N) is 3. The number of carboxylic acid groups (broad SMARTS) is 1. The first-order valence-electron chi connectivity index (χ1n) is 10.5. The van der Waals surface area contributed by atoms with E-state index < -0.39 is 0 Å². The minimum atomic E-state index is -0.250. The lowest BCUT2D eigenvalue weighted by Crippen LogP contribution is -2.43. The average molecular weight is 469 g/mol. The molecule has 4 heterocycles. The van der Waals surface area contributed by atoms with E-state index in [1.54, 1.807) is 13.1 Å². The minimum absolute atomic E-state index is 0.0504. The first-order chi connectivity index (χ1) is 16.1. The van der Waals surface area contributed by atoms with Crippen LogP contribution in [0.15, 0.2) is 47.2 Å². The predicted octanol–water partition coefficient (Wildman–Crippen LogP) is 4.03. The highest BCUT2D eigenvalue weighted by molar-refractivity contribution is 7.20. The number of fused-ring (bicyclic) bond motifs is 2. The van der Waals surface area contributed by atoms with Gasteiger partial charge in [-0.1, -0.05) is 11.3 Å². The fraction of sp³-hybridized carbons (Fsp3) is 0.304. The molecule has 5 rings (SSSR count). The summed E-state index contributed by atoms with van der Waals surface area (Å²) in [5.41, 5.74) is 2.66. The average Bonchev–Trinajstić information content (AvgIpc) is 3.38. The van der Waals surface area contributed by atoms with Crippen LogP contribution in [-0.2, 0) is 16.1 Å². The Hall–Kier alpha value is -3.50. The van der Waals surface area contributed by atoms with Crippen LogP contribution in [-0.4, -0.2) is 51.5 Å². The zero-order valence-corrected chi connectivity index (χ0v) is 18.9. The van der Waals surface area contributed by atoms with Gasteiger partial charge in [-0.2, -0.15) is 4.98 Å². The molecule has 33 heavy (non-hydrogen) atoms. The summed E-state index contributed by atoms with van der Waals surface area (Å²) in [4.78, 5) is 30.7. The second-order valence-corrected chi connectivity index (χ2v) is 8.68. The number of carbonyl (C=O) groups excluding carboxylic acids is 1. The van der Waals surface area contributed by atoms with Gasteiger partial charge in [-0.3, -0.25) is 14.5 Å². The summed E-state index contributed by atoms with van der Waals surface area (Å²) in [6.07, 6.45) is 5.51. The molecule has 172 valence electrons. The van der Waals surface area contributed by atoms with Crippen LogP contribution in [0.25, 0.3) is 21.3 Å². The van der Waals surface area contributed by atoms with E-state index in [0.717, 1.165) is 48.1 Å². The van der Waals surface area contributed by atoms with Gasteiger partial charge < -0.3 is 19.6 Å². The Labute approximate surface area is 194 Å². The van der Waals surface area contributed by atoms with E-state index in [0.29, 0.717) is 16.6 Å². The van der Waals surface area contributed by atoms with Gasteiger partial charge >= 0.3 is 0 Å². The number of aromatic nitrogens is 2. The second-order valence-electron chi connectivity index (χ2n) is 7.68. The highest BCUT2D eigenvalue weighted by atomic mass is 32.1. The SMILES string of the molecule is CC(=O)NC1CCN(Cc2coc3cc(Oc4nc5ncccc5s4)ccc23)CC1.O=CO. The molecule has 0 unspecified atom stereocenters. The molecule has 0 bridgehead atoms. The zero-order valence-electron chi connectivity index (χ0n) is 18.1. The topological polar surface area (TPSA) is 118 Å². The molecule has 3 aromatic heterocycles. The summed E-state index contributed by atoms with van der Waals surface area (Å²) in [7, 11) is 0. The summed E-state index contributed by atoms with van der Waals surface area (Å²) < 4.78 is 12.7. The fourth-order valence-electron chi connectivity index (χ4n) is 3.91. The summed E-state index contributed by atoms with van der Waals surface area (Å²) in [6, 6.07) is 10.1. The van der Waals surface area contributed by atoms with Gasteiger partial charge in [0.1, 0.15) is 11.3 Å². The van der Waals surface area contributed by atoms with Gasteiger partial charge in [-0.25, -0.2) is 4.98 Å². The maximum atomic E-state index is 11.2. The van der Waals surface area contributed by atoms with Crippen molar-refractivity contribution in [3.8, 4) is 10.9 Å². The number of pyridine rings is 1. The fourth-order valence-corrected chi connectivity index (χ4v) is 4.70. The normalized spacial score (nSPS) is 14.6. The molecule has 4 aromatic rings. The molecule has 1 saturated heterocycles. The highest BCUT2D eigenvalue weighted by Crippen LogP contribution is 2.33. The summed E-state index contributed by atoms with van der Waals surface area (Å²) in [5, 5.41) is 11.6. The van der Waals surface area contributed by atoms with E-state index in [2.05, 4.69) is 20.2 Å². The van der Waals surface area contributed by atoms with Crippen molar-refractivity contribution in [2.75, 3.05) is 13.1 Å². The van der Waals surface area contributed by atoms with Crippen LogP contribution in [0.3, 0.4) is 0 Å². The van der Waals surface area contributed by atoms with E-state index >= 15 is 0 Å². The number of piperidine rings is 1. The van der Waals surface area contributed by atoms with Crippen molar-refractivity contribution in [2.24, 2.45) is 0 Å². The van der Waals surface area contributed by atoms with Crippen molar-refractivity contribution >= 4 is 45.0 Å². The molecule has 1 aliphatic rings. The smallest absolute Gasteiger partial charge is 0.290 e. The van der Waals surface area contributed by atoms with Crippen LogP contribution >= 0.6 is 11.3 Å². The van der Waals surface area contributed by atoms with Crippen molar-refractivity contribution in [1.82, 2.24) is 20.2 Å². The largest absolute Gasteiger partial charge is 0.483 e. The maximum absolute atomic E-state index is 11.2. The predicted molar refractivity (Wildman–Crippen MR) is 125 cm³/mol. The molecule has 0 aliphatic carbocycles. The van der Waals surface area contributed by atoms with Gasteiger partial charge in [0.25, 0.3) is 11.7 Å². The van der Waals surface area contributed by atoms with Crippen molar-refractivity contribution in [3.63, 3.8) is 0 Å². The van der Waals surface area contributed by atoms with E-state index in [1.165, 1.54) is 16.9 Å². The van der Waals surface area contributed by atoms with Crippen LogP contribution in [0.1, 0.15) is 25.3 Å². The third-order valence-corrected chi connectivity index (χ3v) is 6.25. The van der Waals surface area contributed by atoms with Gasteiger partial charge in [0.05, 0.1) is 11.0 Å². The molecule has 0 atom stereocenters. The van der Waals surface area contributed by atoms with E-state index in [4.69, 9.17) is 19.1 Å². The quantitative estimate of drug-likeness (QED) is 0.422. The summed E-state index contributed by atoms with van der Waals surface area (Å²) in [6.45, 7) is 4.09. The number of benzene rings is 1. The molecule has 2 N–H and O–H groups in total. The van der Waals surface area contributed by atoms with Crippen LogP contribution in [0.5, 0.6) is 10.9 Å². The Bertz CT molecular complexity index is 1210. The van der Waals surface area contributed by atoms with E-state index in [-0.39, 0.29) is 18.4 Å². The minimum Gasteiger partial charge on any atom is -0.483 e. The number of likely N-dealkylation sites (tertiary alicyclic amines) is 1. The van der Waals surface area contributed by atoms with Gasteiger partial charge in [-0.05, 0) is 37.1 Å². The highest BCUT2D eigenvalue weighted by Gasteiger charge is 2.21.